The van der Waals surface area contributed by atoms with E-state index >= 15 is 0 Å². The van der Waals surface area contributed by atoms with Crippen LogP contribution in [0.5, 0.6) is 0 Å². The van der Waals surface area contributed by atoms with E-state index in [1.807, 2.05) is 54.6 Å². The predicted molar refractivity (Wildman–Crippen MR) is 116 cm³/mol. The smallest absolute Gasteiger partial charge is 0.254 e. The Morgan fingerprint density at radius 2 is 1.87 bits per heavy atom. The first-order valence-electron chi connectivity index (χ1n) is 10.4. The fourth-order valence-electron chi connectivity index (χ4n) is 4.68. The van der Waals surface area contributed by atoms with Gasteiger partial charge < -0.3 is 10.0 Å². The van der Waals surface area contributed by atoms with E-state index in [4.69, 9.17) is 0 Å². The second-order valence-corrected chi connectivity index (χ2v) is 10.5. The molecule has 1 saturated carbocycles. The van der Waals surface area contributed by atoms with Crippen LogP contribution >= 0.6 is 0 Å². The molecule has 0 radical (unpaired) electrons. The molecule has 2 aromatic rings. The predicted octanol–water partition coefficient (Wildman–Crippen LogP) is 2.14. The first kappa shape index (κ1) is 21.9. The molecule has 2 aliphatic rings. The number of aliphatic hydroxyl groups is 1. The summed E-state index contributed by atoms with van der Waals surface area (Å²) in [5.74, 6) is -0.684. The molecule has 1 aliphatic carbocycles. The summed E-state index contributed by atoms with van der Waals surface area (Å²) in [6, 6.07) is 16.8. The van der Waals surface area contributed by atoms with Gasteiger partial charge in [0.15, 0.2) is 6.10 Å². The number of amides is 1. The number of alkyl halides is 1. The van der Waals surface area contributed by atoms with E-state index in [9.17, 15) is 22.7 Å². The van der Waals surface area contributed by atoms with Crippen LogP contribution in [-0.2, 0) is 21.2 Å². The zero-order valence-electron chi connectivity index (χ0n) is 17.4. The molecule has 0 aromatic heterocycles. The third kappa shape index (κ3) is 4.66. The van der Waals surface area contributed by atoms with Gasteiger partial charge in [0.25, 0.3) is 5.91 Å². The van der Waals surface area contributed by atoms with E-state index in [0.29, 0.717) is 13.0 Å². The standard InChI is InChI=1S/C23H27FN2O4S/c1-31(29,30)25-21-19(26(15-23(21)10-11-23)22(28)20(27)14-24)13-16-6-5-9-18(12-16)17-7-3-2-4-8-17/h2-9,12,19-21,25,27H,10-11,13-15H2,1H3/t19-,20?,21+/m0/s1. The lowest BCUT2D eigenvalue weighted by Crippen LogP contribution is -2.51. The van der Waals surface area contributed by atoms with E-state index in [1.54, 1.807) is 0 Å². The number of nitrogens with zero attached hydrogens (tertiary/aromatic N) is 1. The Kier molecular flexibility index (Phi) is 5.89. The molecule has 1 heterocycles. The molecule has 4 rings (SSSR count). The number of carbonyl (C=O) groups is 1. The molecular formula is C23H27FN2O4S. The summed E-state index contributed by atoms with van der Waals surface area (Å²) in [5, 5.41) is 9.87. The summed E-state index contributed by atoms with van der Waals surface area (Å²) in [5.41, 5.74) is 2.67. The number of sulfonamides is 1. The Balaban J connectivity index is 1.67. The van der Waals surface area contributed by atoms with Gasteiger partial charge in [0.2, 0.25) is 10.0 Å². The van der Waals surface area contributed by atoms with Gasteiger partial charge in [0, 0.05) is 18.0 Å². The summed E-state index contributed by atoms with van der Waals surface area (Å²) in [6.45, 7) is -0.845. The average molecular weight is 447 g/mol. The van der Waals surface area contributed by atoms with E-state index < -0.39 is 40.8 Å². The van der Waals surface area contributed by atoms with Crippen molar-refractivity contribution in [2.75, 3.05) is 19.5 Å². The molecule has 2 aromatic carbocycles. The minimum absolute atomic E-state index is 0.319. The first-order chi connectivity index (χ1) is 14.7. The summed E-state index contributed by atoms with van der Waals surface area (Å²) < 4.78 is 39.9. The zero-order chi connectivity index (χ0) is 22.2. The van der Waals surface area contributed by atoms with Crippen molar-refractivity contribution >= 4 is 15.9 Å². The highest BCUT2D eigenvalue weighted by molar-refractivity contribution is 7.88. The van der Waals surface area contributed by atoms with Crippen LogP contribution in [0, 0.1) is 5.41 Å². The number of carbonyl (C=O) groups excluding carboxylic acids is 1. The number of aliphatic hydroxyl groups excluding tert-OH is 1. The van der Waals surface area contributed by atoms with Crippen molar-refractivity contribution in [3.63, 3.8) is 0 Å². The van der Waals surface area contributed by atoms with Gasteiger partial charge in [-0.25, -0.2) is 17.5 Å². The van der Waals surface area contributed by atoms with Crippen LogP contribution in [0.4, 0.5) is 4.39 Å². The first-order valence-corrected chi connectivity index (χ1v) is 12.3. The van der Waals surface area contributed by atoms with Crippen LogP contribution in [0.15, 0.2) is 54.6 Å². The summed E-state index contributed by atoms with van der Waals surface area (Å²) in [4.78, 5) is 14.2. The molecule has 8 heteroatoms. The molecule has 1 unspecified atom stereocenters. The number of hydrogen-bond acceptors (Lipinski definition) is 4. The minimum Gasteiger partial charge on any atom is -0.381 e. The fraction of sp³-hybridized carbons (Fsp3) is 0.435. The molecule has 1 spiro atoms. The maximum absolute atomic E-state index is 13.1. The third-order valence-corrected chi connectivity index (χ3v) is 7.04. The Bertz CT molecular complexity index is 1060. The highest BCUT2D eigenvalue weighted by atomic mass is 32.2. The molecular weight excluding hydrogens is 419 g/mol. The van der Waals surface area contributed by atoms with Crippen LogP contribution in [0.3, 0.4) is 0 Å². The highest BCUT2D eigenvalue weighted by Gasteiger charge is 2.61. The zero-order valence-corrected chi connectivity index (χ0v) is 18.2. The van der Waals surface area contributed by atoms with Crippen molar-refractivity contribution in [1.29, 1.82) is 0 Å². The molecule has 1 saturated heterocycles. The van der Waals surface area contributed by atoms with Crippen molar-refractivity contribution in [3.05, 3.63) is 60.2 Å². The largest absolute Gasteiger partial charge is 0.381 e. The number of likely N-dealkylation sites (tertiary alicyclic amines) is 1. The van der Waals surface area contributed by atoms with Crippen LogP contribution < -0.4 is 4.72 Å². The van der Waals surface area contributed by atoms with Gasteiger partial charge in [-0.1, -0.05) is 54.6 Å². The molecule has 2 N–H and O–H groups in total. The maximum atomic E-state index is 13.1. The number of benzene rings is 2. The number of hydrogen-bond donors (Lipinski definition) is 2. The summed E-state index contributed by atoms with van der Waals surface area (Å²) >= 11 is 0. The Morgan fingerprint density at radius 3 is 2.48 bits per heavy atom. The fourth-order valence-corrected chi connectivity index (χ4v) is 5.55. The second-order valence-electron chi connectivity index (χ2n) is 8.70. The van der Waals surface area contributed by atoms with E-state index in [-0.39, 0.29) is 5.41 Å². The van der Waals surface area contributed by atoms with Crippen molar-refractivity contribution in [2.24, 2.45) is 5.41 Å². The number of halogens is 1. The lowest BCUT2D eigenvalue weighted by molar-refractivity contribution is -0.142. The lowest BCUT2D eigenvalue weighted by atomic mass is 9.91. The summed E-state index contributed by atoms with van der Waals surface area (Å²) in [7, 11) is -3.51. The topological polar surface area (TPSA) is 86.7 Å². The Hall–Kier alpha value is -2.29. The Morgan fingerprint density at radius 1 is 1.19 bits per heavy atom. The van der Waals surface area contributed by atoms with Crippen LogP contribution in [0.1, 0.15) is 18.4 Å². The van der Waals surface area contributed by atoms with E-state index in [1.165, 1.54) is 4.90 Å². The Labute approximate surface area is 182 Å². The third-order valence-electron chi connectivity index (χ3n) is 6.36. The molecule has 31 heavy (non-hydrogen) atoms. The summed E-state index contributed by atoms with van der Waals surface area (Å²) in [6.07, 6.45) is 1.36. The van der Waals surface area contributed by atoms with Crippen molar-refractivity contribution in [2.45, 2.75) is 37.5 Å². The van der Waals surface area contributed by atoms with Crippen molar-refractivity contribution < 1.29 is 22.7 Å². The molecule has 166 valence electrons. The maximum Gasteiger partial charge on any atom is 0.254 e. The monoisotopic (exact) mass is 446 g/mol. The van der Waals surface area contributed by atoms with Gasteiger partial charge in [-0.3, -0.25) is 4.79 Å². The van der Waals surface area contributed by atoms with Crippen LogP contribution in [0.25, 0.3) is 11.1 Å². The molecule has 1 amide bonds. The quantitative estimate of drug-likeness (QED) is 0.682. The van der Waals surface area contributed by atoms with Gasteiger partial charge in [0.05, 0.1) is 12.3 Å². The van der Waals surface area contributed by atoms with Gasteiger partial charge in [-0.15, -0.1) is 0 Å². The van der Waals surface area contributed by atoms with Crippen molar-refractivity contribution in [1.82, 2.24) is 9.62 Å². The van der Waals surface area contributed by atoms with Crippen LogP contribution in [-0.4, -0.2) is 62.0 Å². The normalized spacial score (nSPS) is 23.1. The molecule has 6 nitrogen and oxygen atoms in total. The average Bonchev–Trinajstić information content (AvgIpc) is 3.48. The van der Waals surface area contributed by atoms with E-state index in [2.05, 4.69) is 4.72 Å². The SMILES string of the molecule is CS(=O)(=O)N[C@@H]1[C@H](Cc2cccc(-c3ccccc3)c2)N(C(=O)C(O)CF)CC12CC2. The van der Waals surface area contributed by atoms with Gasteiger partial charge in [0.1, 0.15) is 6.67 Å². The molecule has 3 atom stereocenters. The van der Waals surface area contributed by atoms with Gasteiger partial charge in [-0.05, 0) is 36.0 Å². The lowest BCUT2D eigenvalue weighted by Gasteiger charge is -2.30. The molecule has 1 aliphatic heterocycles. The van der Waals surface area contributed by atoms with Gasteiger partial charge in [-0.2, -0.15) is 0 Å². The minimum atomic E-state index is -3.51. The van der Waals surface area contributed by atoms with Crippen molar-refractivity contribution in [3.8, 4) is 11.1 Å². The van der Waals surface area contributed by atoms with Crippen LogP contribution in [0.2, 0.25) is 0 Å². The van der Waals surface area contributed by atoms with E-state index in [0.717, 1.165) is 35.8 Å². The molecule has 2 fully saturated rings. The number of nitrogens with one attached hydrogen (secondary N) is 1. The van der Waals surface area contributed by atoms with Gasteiger partial charge >= 0.3 is 0 Å². The number of rotatable bonds is 7. The molecule has 0 bridgehead atoms. The second kappa shape index (κ2) is 8.33. The highest BCUT2D eigenvalue weighted by Crippen LogP contribution is 2.55.